The van der Waals surface area contributed by atoms with Gasteiger partial charge in [-0.25, -0.2) is 0 Å². The Morgan fingerprint density at radius 2 is 0.574 bits per heavy atom. The van der Waals surface area contributed by atoms with Crippen molar-refractivity contribution < 1.29 is 28.6 Å². The van der Waals surface area contributed by atoms with Crippen LogP contribution in [0.3, 0.4) is 0 Å². The molecule has 0 heterocycles. The van der Waals surface area contributed by atoms with Crippen LogP contribution in [0.1, 0.15) is 297 Å². The van der Waals surface area contributed by atoms with Gasteiger partial charge in [-0.2, -0.15) is 0 Å². The summed E-state index contributed by atoms with van der Waals surface area (Å²) in [5, 5.41) is 0. The van der Waals surface area contributed by atoms with Gasteiger partial charge in [-0.1, -0.05) is 274 Å². The van der Waals surface area contributed by atoms with E-state index in [1.807, 2.05) is 0 Å². The summed E-state index contributed by atoms with van der Waals surface area (Å²) >= 11 is 0. The van der Waals surface area contributed by atoms with E-state index in [1.165, 1.54) is 148 Å². The number of unbranched alkanes of at least 4 members (excludes halogenated alkanes) is 32. The fraction of sp³-hybridized carbons (Fsp3) is 0.790. The van der Waals surface area contributed by atoms with Gasteiger partial charge in [0.1, 0.15) is 13.2 Å². The average Bonchev–Trinajstić information content (AvgIpc) is 3.34. The van der Waals surface area contributed by atoms with Crippen molar-refractivity contribution in [3.63, 3.8) is 0 Å². The van der Waals surface area contributed by atoms with Crippen LogP contribution in [-0.2, 0) is 28.6 Å². The molecule has 0 N–H and O–H groups in total. The van der Waals surface area contributed by atoms with Crippen LogP contribution in [0.4, 0.5) is 0 Å². The molecule has 1 atom stereocenters. The molecule has 0 aromatic rings. The molecule has 1 unspecified atom stereocenters. The largest absolute Gasteiger partial charge is 0.462 e. The van der Waals surface area contributed by atoms with E-state index in [0.29, 0.717) is 19.3 Å². The van der Waals surface area contributed by atoms with Crippen molar-refractivity contribution in [2.24, 2.45) is 0 Å². The van der Waals surface area contributed by atoms with Crippen molar-refractivity contribution in [1.29, 1.82) is 0 Å². The molecular weight excluding hydrogens is 841 g/mol. The minimum atomic E-state index is -0.779. The number of carbonyl (C=O) groups excluding carboxylic acids is 3. The molecule has 6 heteroatoms. The summed E-state index contributed by atoms with van der Waals surface area (Å²) in [5.74, 6) is -0.881. The Morgan fingerprint density at radius 1 is 0.309 bits per heavy atom. The number of allylic oxidation sites excluding steroid dienone is 10. The average molecular weight is 952 g/mol. The summed E-state index contributed by atoms with van der Waals surface area (Å²) in [6.07, 6.45) is 70.7. The molecule has 0 aliphatic rings. The monoisotopic (exact) mass is 951 g/mol. The lowest BCUT2D eigenvalue weighted by Gasteiger charge is -2.18. The highest BCUT2D eigenvalue weighted by atomic mass is 16.6. The Balaban J connectivity index is 4.36. The van der Waals surface area contributed by atoms with Crippen molar-refractivity contribution in [3.8, 4) is 0 Å². The number of hydrogen-bond acceptors (Lipinski definition) is 6. The second-order valence-electron chi connectivity index (χ2n) is 19.5. The SMILES string of the molecule is CC/C=C\C/C=C\C/C=C\C/C=C\C/C=C\CCCCCCCC(=O)OCC(COC(=O)CCCCCCCCCCCCCC)OC(=O)CCCCCCCCCCCCCCCCCCC. The van der Waals surface area contributed by atoms with Gasteiger partial charge in [-0.3, -0.25) is 14.4 Å². The molecule has 0 aliphatic carbocycles. The van der Waals surface area contributed by atoms with Crippen LogP contribution < -0.4 is 0 Å². The molecule has 6 nitrogen and oxygen atoms in total. The summed E-state index contributed by atoms with van der Waals surface area (Å²) in [4.78, 5) is 38.1. The van der Waals surface area contributed by atoms with Gasteiger partial charge in [-0.05, 0) is 64.2 Å². The first kappa shape index (κ1) is 65.1. The lowest BCUT2D eigenvalue weighted by molar-refractivity contribution is -0.167. The number of ether oxygens (including phenoxy) is 3. The predicted molar refractivity (Wildman–Crippen MR) is 293 cm³/mol. The number of carbonyl (C=O) groups is 3. The van der Waals surface area contributed by atoms with E-state index in [0.717, 1.165) is 109 Å². The number of hydrogen-bond donors (Lipinski definition) is 0. The smallest absolute Gasteiger partial charge is 0.306 e. The van der Waals surface area contributed by atoms with Crippen LogP contribution in [0.2, 0.25) is 0 Å². The molecule has 0 saturated heterocycles. The van der Waals surface area contributed by atoms with E-state index in [-0.39, 0.29) is 31.1 Å². The summed E-state index contributed by atoms with van der Waals surface area (Å²) in [6, 6.07) is 0. The van der Waals surface area contributed by atoms with Crippen LogP contribution >= 0.6 is 0 Å². The third-order valence-electron chi connectivity index (χ3n) is 12.8. The maximum atomic E-state index is 12.9. The van der Waals surface area contributed by atoms with E-state index in [1.54, 1.807) is 0 Å². The van der Waals surface area contributed by atoms with E-state index in [4.69, 9.17) is 14.2 Å². The number of rotatable bonds is 53. The molecule has 394 valence electrons. The first-order chi connectivity index (χ1) is 33.5. The molecule has 0 fully saturated rings. The van der Waals surface area contributed by atoms with Crippen molar-refractivity contribution >= 4 is 17.9 Å². The molecule has 0 rings (SSSR count). The van der Waals surface area contributed by atoms with Crippen molar-refractivity contribution in [2.45, 2.75) is 303 Å². The second kappa shape index (κ2) is 56.7. The Hall–Kier alpha value is -2.89. The zero-order valence-electron chi connectivity index (χ0n) is 45.1. The van der Waals surface area contributed by atoms with Gasteiger partial charge in [0.25, 0.3) is 0 Å². The summed E-state index contributed by atoms with van der Waals surface area (Å²) in [7, 11) is 0. The van der Waals surface area contributed by atoms with E-state index >= 15 is 0 Å². The van der Waals surface area contributed by atoms with Crippen molar-refractivity contribution in [1.82, 2.24) is 0 Å². The maximum absolute atomic E-state index is 12.9. The van der Waals surface area contributed by atoms with Crippen LogP contribution in [0, 0.1) is 0 Å². The molecule has 0 aromatic heterocycles. The van der Waals surface area contributed by atoms with Gasteiger partial charge in [-0.15, -0.1) is 0 Å². The minimum Gasteiger partial charge on any atom is -0.462 e. The van der Waals surface area contributed by atoms with Gasteiger partial charge >= 0.3 is 17.9 Å². The zero-order chi connectivity index (χ0) is 49.3. The Morgan fingerprint density at radius 3 is 0.897 bits per heavy atom. The van der Waals surface area contributed by atoms with E-state index in [2.05, 4.69) is 81.5 Å². The molecule has 0 spiro atoms. The fourth-order valence-corrected chi connectivity index (χ4v) is 8.41. The molecule has 0 radical (unpaired) electrons. The molecule has 68 heavy (non-hydrogen) atoms. The van der Waals surface area contributed by atoms with Crippen LogP contribution in [0.15, 0.2) is 60.8 Å². The molecule has 0 aliphatic heterocycles. The molecular formula is C62H110O6. The van der Waals surface area contributed by atoms with Crippen molar-refractivity contribution in [2.75, 3.05) is 13.2 Å². The van der Waals surface area contributed by atoms with Crippen LogP contribution in [-0.4, -0.2) is 37.2 Å². The standard InChI is InChI=1S/C62H110O6/c1-4-7-10-13-16-19-22-25-27-29-30-31-32-34-35-37-40-43-46-49-52-55-61(64)67-58-59(57-66-60(63)54-51-48-45-42-39-24-21-18-15-12-9-6-3)68-62(65)56-53-50-47-44-41-38-36-33-28-26-23-20-17-14-11-8-5-2/h7,10,16,19,25,27,30-31,34-35,59H,4-6,8-9,11-15,17-18,20-24,26,28-29,32-33,36-58H2,1-3H3/b10-7-,19-16-,27-25-,31-30-,35-34-. The quantitative estimate of drug-likeness (QED) is 0.0262. The van der Waals surface area contributed by atoms with E-state index in [9.17, 15) is 14.4 Å². The minimum absolute atomic E-state index is 0.0763. The van der Waals surface area contributed by atoms with Gasteiger partial charge < -0.3 is 14.2 Å². The van der Waals surface area contributed by atoms with Crippen LogP contribution in [0.25, 0.3) is 0 Å². The Bertz CT molecular complexity index is 1230. The first-order valence-electron chi connectivity index (χ1n) is 29.3. The Kier molecular flexibility index (Phi) is 54.3. The highest BCUT2D eigenvalue weighted by Gasteiger charge is 2.19. The van der Waals surface area contributed by atoms with Gasteiger partial charge in [0, 0.05) is 19.3 Å². The lowest BCUT2D eigenvalue weighted by atomic mass is 10.0. The predicted octanol–water partition coefficient (Wildman–Crippen LogP) is 19.6. The Labute approximate surface area is 421 Å². The van der Waals surface area contributed by atoms with Crippen molar-refractivity contribution in [3.05, 3.63) is 60.8 Å². The summed E-state index contributed by atoms with van der Waals surface area (Å²) in [6.45, 7) is 6.54. The third-order valence-corrected chi connectivity index (χ3v) is 12.8. The highest BCUT2D eigenvalue weighted by Crippen LogP contribution is 2.16. The van der Waals surface area contributed by atoms with Gasteiger partial charge in [0.05, 0.1) is 0 Å². The number of esters is 3. The molecule has 0 aromatic carbocycles. The normalized spacial score (nSPS) is 12.5. The maximum Gasteiger partial charge on any atom is 0.306 e. The molecule has 0 saturated carbocycles. The summed E-state index contributed by atoms with van der Waals surface area (Å²) in [5.41, 5.74) is 0. The summed E-state index contributed by atoms with van der Waals surface area (Å²) < 4.78 is 16.9. The van der Waals surface area contributed by atoms with Gasteiger partial charge in [0.15, 0.2) is 6.10 Å². The lowest BCUT2D eigenvalue weighted by Crippen LogP contribution is -2.30. The first-order valence-corrected chi connectivity index (χ1v) is 29.3. The third kappa shape index (κ3) is 54.1. The molecule has 0 bridgehead atoms. The van der Waals surface area contributed by atoms with Crippen LogP contribution in [0.5, 0.6) is 0 Å². The zero-order valence-corrected chi connectivity index (χ0v) is 45.1. The topological polar surface area (TPSA) is 78.9 Å². The van der Waals surface area contributed by atoms with Gasteiger partial charge in [0.2, 0.25) is 0 Å². The second-order valence-corrected chi connectivity index (χ2v) is 19.5. The highest BCUT2D eigenvalue weighted by molar-refractivity contribution is 5.71. The fourth-order valence-electron chi connectivity index (χ4n) is 8.41. The van der Waals surface area contributed by atoms with E-state index < -0.39 is 6.10 Å². The molecule has 0 amide bonds.